The number of nitrogens with two attached hydrogens (primary N) is 1. The minimum absolute atomic E-state index is 0.00490. The highest BCUT2D eigenvalue weighted by Crippen LogP contribution is 2.29. The fourth-order valence-corrected chi connectivity index (χ4v) is 1.60. The molecule has 0 aliphatic heterocycles. The van der Waals surface area contributed by atoms with Crippen molar-refractivity contribution >= 4 is 11.6 Å². The van der Waals surface area contributed by atoms with Gasteiger partial charge in [0.15, 0.2) is 0 Å². The van der Waals surface area contributed by atoms with Crippen molar-refractivity contribution in [3.63, 3.8) is 0 Å². The molecule has 1 rings (SSSR count). The van der Waals surface area contributed by atoms with Crippen LogP contribution in [0.3, 0.4) is 0 Å². The molecule has 0 saturated carbocycles. The standard InChI is InChI=1S/C12H18N2O2/c1-4-14(12(15)8-13)10-7-9(2)5-6-11(10)16-3/h5-7H,4,8,13H2,1-3H3. The zero-order chi connectivity index (χ0) is 12.1. The fraction of sp³-hybridized carbons (Fsp3) is 0.417. The van der Waals surface area contributed by atoms with Crippen LogP contribution in [0.4, 0.5) is 5.69 Å². The van der Waals surface area contributed by atoms with Crippen molar-refractivity contribution in [1.82, 2.24) is 0 Å². The molecule has 0 heterocycles. The molecular formula is C12H18N2O2. The molecule has 0 atom stereocenters. The molecule has 4 heteroatoms. The van der Waals surface area contributed by atoms with E-state index in [1.54, 1.807) is 12.0 Å². The summed E-state index contributed by atoms with van der Waals surface area (Å²) >= 11 is 0. The zero-order valence-corrected chi connectivity index (χ0v) is 9.99. The Hall–Kier alpha value is -1.55. The molecule has 0 spiro atoms. The number of likely N-dealkylation sites (N-methyl/N-ethyl adjacent to an activating group) is 1. The first-order valence-electron chi connectivity index (χ1n) is 5.29. The second-order valence-electron chi connectivity index (χ2n) is 3.52. The van der Waals surface area contributed by atoms with Crippen LogP contribution in [0, 0.1) is 6.92 Å². The number of benzene rings is 1. The van der Waals surface area contributed by atoms with Crippen LogP contribution in [0.15, 0.2) is 18.2 Å². The van der Waals surface area contributed by atoms with E-state index in [2.05, 4.69) is 0 Å². The Bertz CT molecular complexity index is 377. The molecule has 16 heavy (non-hydrogen) atoms. The van der Waals surface area contributed by atoms with Crippen molar-refractivity contribution in [1.29, 1.82) is 0 Å². The first-order chi connectivity index (χ1) is 7.63. The number of rotatable bonds is 4. The summed E-state index contributed by atoms with van der Waals surface area (Å²) < 4.78 is 5.24. The highest BCUT2D eigenvalue weighted by molar-refractivity contribution is 5.96. The maximum Gasteiger partial charge on any atom is 0.240 e. The van der Waals surface area contributed by atoms with Crippen LogP contribution in [-0.2, 0) is 4.79 Å². The molecule has 0 fully saturated rings. The Kier molecular flexibility index (Phi) is 4.31. The van der Waals surface area contributed by atoms with Crippen LogP contribution >= 0.6 is 0 Å². The minimum Gasteiger partial charge on any atom is -0.495 e. The molecule has 2 N–H and O–H groups in total. The number of hydrogen-bond donors (Lipinski definition) is 1. The summed E-state index contributed by atoms with van der Waals surface area (Å²) in [4.78, 5) is 13.3. The van der Waals surface area contributed by atoms with Crippen LogP contribution in [0.25, 0.3) is 0 Å². The van der Waals surface area contributed by atoms with Gasteiger partial charge in [-0.05, 0) is 31.5 Å². The van der Waals surface area contributed by atoms with Gasteiger partial charge in [0.1, 0.15) is 5.75 Å². The highest BCUT2D eigenvalue weighted by atomic mass is 16.5. The summed E-state index contributed by atoms with van der Waals surface area (Å²) in [6, 6.07) is 5.73. The van der Waals surface area contributed by atoms with Crippen LogP contribution < -0.4 is 15.4 Å². The van der Waals surface area contributed by atoms with Crippen molar-refractivity contribution in [3.05, 3.63) is 23.8 Å². The average Bonchev–Trinajstić information content (AvgIpc) is 2.30. The van der Waals surface area contributed by atoms with Gasteiger partial charge >= 0.3 is 0 Å². The van der Waals surface area contributed by atoms with Crippen molar-refractivity contribution < 1.29 is 9.53 Å². The molecule has 0 unspecified atom stereocenters. The van der Waals surface area contributed by atoms with Crippen molar-refractivity contribution in [2.24, 2.45) is 5.73 Å². The number of nitrogens with zero attached hydrogens (tertiary/aromatic N) is 1. The second kappa shape index (κ2) is 5.51. The number of carbonyl (C=O) groups is 1. The van der Waals surface area contributed by atoms with Crippen molar-refractivity contribution in [2.45, 2.75) is 13.8 Å². The lowest BCUT2D eigenvalue weighted by atomic mass is 10.2. The molecule has 1 aromatic rings. The van der Waals surface area contributed by atoms with E-state index in [9.17, 15) is 4.79 Å². The smallest absolute Gasteiger partial charge is 0.240 e. The first kappa shape index (κ1) is 12.5. The van der Waals surface area contributed by atoms with Gasteiger partial charge in [-0.25, -0.2) is 0 Å². The maximum absolute atomic E-state index is 11.7. The predicted octanol–water partition coefficient (Wildman–Crippen LogP) is 1.32. The first-order valence-corrected chi connectivity index (χ1v) is 5.29. The maximum atomic E-state index is 11.7. The summed E-state index contributed by atoms with van der Waals surface area (Å²) in [5, 5.41) is 0. The van der Waals surface area contributed by atoms with Crippen LogP contribution in [0.5, 0.6) is 5.75 Å². The average molecular weight is 222 g/mol. The third-order valence-electron chi connectivity index (χ3n) is 2.42. The molecule has 1 amide bonds. The number of carbonyl (C=O) groups excluding carboxylic acids is 1. The van der Waals surface area contributed by atoms with Gasteiger partial charge in [0.2, 0.25) is 5.91 Å². The van der Waals surface area contributed by atoms with E-state index >= 15 is 0 Å². The number of aryl methyl sites for hydroxylation is 1. The van der Waals surface area contributed by atoms with Crippen molar-refractivity contribution in [3.8, 4) is 5.75 Å². The number of hydrogen-bond acceptors (Lipinski definition) is 3. The molecule has 0 aliphatic rings. The summed E-state index contributed by atoms with van der Waals surface area (Å²) in [5.74, 6) is 0.584. The van der Waals surface area contributed by atoms with Gasteiger partial charge in [-0.15, -0.1) is 0 Å². The Morgan fingerprint density at radius 3 is 2.69 bits per heavy atom. The minimum atomic E-state index is -0.105. The number of ether oxygens (including phenoxy) is 1. The van der Waals surface area contributed by atoms with Gasteiger partial charge < -0.3 is 15.4 Å². The summed E-state index contributed by atoms with van der Waals surface area (Å²) in [6.45, 7) is 4.47. The molecule has 0 radical (unpaired) electrons. The molecule has 0 aromatic heterocycles. The lowest BCUT2D eigenvalue weighted by molar-refractivity contribution is -0.117. The molecule has 4 nitrogen and oxygen atoms in total. The molecule has 0 bridgehead atoms. The number of methoxy groups -OCH3 is 1. The summed E-state index contributed by atoms with van der Waals surface area (Å²) in [7, 11) is 1.59. The normalized spacial score (nSPS) is 10.0. The molecule has 0 saturated heterocycles. The number of amides is 1. The Balaban J connectivity index is 3.17. The lowest BCUT2D eigenvalue weighted by Crippen LogP contribution is -2.36. The Morgan fingerprint density at radius 2 is 2.19 bits per heavy atom. The SMILES string of the molecule is CCN(C(=O)CN)c1cc(C)ccc1OC. The van der Waals surface area contributed by atoms with Gasteiger partial charge in [-0.1, -0.05) is 6.07 Å². The largest absolute Gasteiger partial charge is 0.495 e. The van der Waals surface area contributed by atoms with Crippen LogP contribution in [0.1, 0.15) is 12.5 Å². The van der Waals surface area contributed by atoms with Crippen LogP contribution in [0.2, 0.25) is 0 Å². The van der Waals surface area contributed by atoms with Gasteiger partial charge in [0, 0.05) is 6.54 Å². The van der Waals surface area contributed by atoms with Crippen molar-refractivity contribution in [2.75, 3.05) is 25.1 Å². The van der Waals surface area contributed by atoms with E-state index in [1.807, 2.05) is 32.0 Å². The van der Waals surface area contributed by atoms with E-state index in [-0.39, 0.29) is 12.5 Å². The molecule has 1 aromatic carbocycles. The summed E-state index contributed by atoms with van der Waals surface area (Å²) in [5.41, 5.74) is 7.24. The molecule has 0 aliphatic carbocycles. The Labute approximate surface area is 96.0 Å². The van der Waals surface area contributed by atoms with E-state index in [4.69, 9.17) is 10.5 Å². The zero-order valence-electron chi connectivity index (χ0n) is 9.99. The number of anilines is 1. The third-order valence-corrected chi connectivity index (χ3v) is 2.42. The predicted molar refractivity (Wildman–Crippen MR) is 64.8 cm³/mol. The van der Waals surface area contributed by atoms with Gasteiger partial charge in [0.25, 0.3) is 0 Å². The van der Waals surface area contributed by atoms with Gasteiger partial charge in [0.05, 0.1) is 19.3 Å². The topological polar surface area (TPSA) is 55.6 Å². The second-order valence-corrected chi connectivity index (χ2v) is 3.52. The Morgan fingerprint density at radius 1 is 1.50 bits per heavy atom. The fourth-order valence-electron chi connectivity index (χ4n) is 1.60. The van der Waals surface area contributed by atoms with E-state index in [0.717, 1.165) is 11.3 Å². The summed E-state index contributed by atoms with van der Waals surface area (Å²) in [6.07, 6.45) is 0. The lowest BCUT2D eigenvalue weighted by Gasteiger charge is -2.23. The highest BCUT2D eigenvalue weighted by Gasteiger charge is 2.16. The quantitative estimate of drug-likeness (QED) is 0.835. The third kappa shape index (κ3) is 2.52. The van der Waals surface area contributed by atoms with Gasteiger partial charge in [-0.2, -0.15) is 0 Å². The van der Waals surface area contributed by atoms with E-state index in [0.29, 0.717) is 12.3 Å². The molecular weight excluding hydrogens is 204 g/mol. The van der Waals surface area contributed by atoms with E-state index < -0.39 is 0 Å². The van der Waals surface area contributed by atoms with E-state index in [1.165, 1.54) is 0 Å². The molecule has 88 valence electrons. The van der Waals surface area contributed by atoms with Crippen LogP contribution in [-0.4, -0.2) is 26.1 Å². The van der Waals surface area contributed by atoms with Gasteiger partial charge in [-0.3, -0.25) is 4.79 Å². The monoisotopic (exact) mass is 222 g/mol.